The van der Waals surface area contributed by atoms with E-state index in [0.717, 1.165) is 6.42 Å². The molecule has 2 N–H and O–H groups in total. The van der Waals surface area contributed by atoms with Gasteiger partial charge in [0.2, 0.25) is 0 Å². The van der Waals surface area contributed by atoms with Gasteiger partial charge in [-0.1, -0.05) is 12.2 Å². The van der Waals surface area contributed by atoms with Gasteiger partial charge in [-0.15, -0.1) is 13.2 Å². The van der Waals surface area contributed by atoms with Crippen LogP contribution in [0.15, 0.2) is 25.3 Å². The largest absolute Gasteiger partial charge is 0.427 e. The molecule has 1 saturated carbocycles. The van der Waals surface area contributed by atoms with Crippen LogP contribution in [0, 0.1) is 5.92 Å². The molecule has 0 unspecified atom stereocenters. The summed E-state index contributed by atoms with van der Waals surface area (Å²) in [5, 5.41) is 14.3. The minimum absolute atomic E-state index is 0.0397. The van der Waals surface area contributed by atoms with Crippen molar-refractivity contribution in [2.75, 3.05) is 7.11 Å². The molecule has 4 atom stereocenters. The average Bonchev–Trinajstić information content (AvgIpc) is 2.90. The van der Waals surface area contributed by atoms with Crippen molar-refractivity contribution in [3.8, 4) is 0 Å². The molecule has 2 rings (SSSR count). The number of hydrogen-bond donors (Lipinski definition) is 2. The molecule has 0 spiro atoms. The summed E-state index contributed by atoms with van der Waals surface area (Å²) in [4.78, 5) is 0. The summed E-state index contributed by atoms with van der Waals surface area (Å²) in [5.74, 6) is -0.706. The molecule has 1 heterocycles. The highest BCUT2D eigenvalue weighted by molar-refractivity contribution is 6.23. The maximum atomic E-state index is 11.1. The van der Waals surface area contributed by atoms with Crippen LogP contribution in [0.1, 0.15) is 33.1 Å². The second kappa shape index (κ2) is 6.85. The number of rotatable bonds is 8. The van der Waals surface area contributed by atoms with Gasteiger partial charge in [-0.05, 0) is 33.1 Å². The zero-order valence-electron chi connectivity index (χ0n) is 13.7. The number of ether oxygens (including phenoxy) is 2. The van der Waals surface area contributed by atoms with E-state index in [1.165, 1.54) is 0 Å². The van der Waals surface area contributed by atoms with E-state index in [1.807, 2.05) is 13.8 Å². The number of nitrogens with one attached hydrogen (secondary N) is 1. The fraction of sp³-hybridized carbons (Fsp3) is 0.750. The van der Waals surface area contributed by atoms with Crippen molar-refractivity contribution in [1.29, 1.82) is 0 Å². The Morgan fingerprint density at radius 2 is 1.91 bits per heavy atom. The second-order valence-corrected chi connectivity index (χ2v) is 6.62. The maximum Gasteiger partial charge on any atom is 0.395 e. The predicted molar refractivity (Wildman–Crippen MR) is 86.2 cm³/mol. The number of fused-ring (bicyclic) bond motifs is 1. The first kappa shape index (κ1) is 17.7. The van der Waals surface area contributed by atoms with E-state index in [1.54, 1.807) is 26.9 Å². The Morgan fingerprint density at radius 3 is 2.45 bits per heavy atom. The van der Waals surface area contributed by atoms with Gasteiger partial charge < -0.3 is 24.5 Å². The van der Waals surface area contributed by atoms with E-state index < -0.39 is 11.4 Å². The van der Waals surface area contributed by atoms with Crippen molar-refractivity contribution in [3.05, 3.63) is 25.3 Å². The Morgan fingerprint density at radius 1 is 1.32 bits per heavy atom. The van der Waals surface area contributed by atoms with Crippen molar-refractivity contribution in [2.45, 2.75) is 62.7 Å². The Hall–Kier alpha value is -0.655. The Kier molecular flexibility index (Phi) is 5.51. The standard InChI is InChI=1S/C16H27BNO4/c1-6-8-16(19,9-7-2)11-10-12(18-17-20-5)14-13(11)21-15(3,4)22-14/h6-7,11-14,18-19H,1-2,8-10H2,3-5H3/t11-,12+,13+,14-/m0/s1. The van der Waals surface area contributed by atoms with E-state index in [2.05, 4.69) is 18.4 Å². The molecule has 0 amide bonds. The number of hydrogen-bond acceptors (Lipinski definition) is 5. The third-order valence-corrected chi connectivity index (χ3v) is 4.55. The summed E-state index contributed by atoms with van der Waals surface area (Å²) >= 11 is 0. The van der Waals surface area contributed by atoms with Crippen LogP contribution >= 0.6 is 0 Å². The van der Waals surface area contributed by atoms with Crippen molar-refractivity contribution < 1.29 is 19.2 Å². The first-order chi connectivity index (χ1) is 10.4. The van der Waals surface area contributed by atoms with E-state index in [0.29, 0.717) is 12.8 Å². The Bertz CT molecular complexity index is 405. The van der Waals surface area contributed by atoms with Gasteiger partial charge in [-0.25, -0.2) is 0 Å². The van der Waals surface area contributed by atoms with Gasteiger partial charge in [0.05, 0.1) is 11.7 Å². The van der Waals surface area contributed by atoms with E-state index in [-0.39, 0.29) is 24.2 Å². The van der Waals surface area contributed by atoms with Crippen LogP contribution in [-0.4, -0.2) is 49.5 Å². The first-order valence-corrected chi connectivity index (χ1v) is 7.77. The minimum atomic E-state index is -0.917. The molecule has 0 bridgehead atoms. The van der Waals surface area contributed by atoms with Gasteiger partial charge in [-0.3, -0.25) is 0 Å². The van der Waals surface area contributed by atoms with E-state index >= 15 is 0 Å². The average molecular weight is 308 g/mol. The lowest BCUT2D eigenvalue weighted by Gasteiger charge is -2.36. The summed E-state index contributed by atoms with van der Waals surface area (Å²) in [6, 6.07) is 0.0397. The summed E-state index contributed by atoms with van der Waals surface area (Å²) in [5.41, 5.74) is -0.917. The van der Waals surface area contributed by atoms with E-state index in [9.17, 15) is 5.11 Å². The molecular weight excluding hydrogens is 281 g/mol. The SMILES string of the molecule is C=CCC(O)(CC=C)[C@H]1C[C@@H](N[B]OC)[C@@H]2OC(C)(C)O[C@@H]21. The molecule has 1 aliphatic carbocycles. The lowest BCUT2D eigenvalue weighted by atomic mass is 9.79. The Balaban J connectivity index is 2.23. The van der Waals surface area contributed by atoms with Gasteiger partial charge in [0.15, 0.2) is 5.79 Å². The molecule has 2 fully saturated rings. The highest BCUT2D eigenvalue weighted by Gasteiger charge is 2.58. The second-order valence-electron chi connectivity index (χ2n) is 6.62. The minimum Gasteiger partial charge on any atom is -0.427 e. The van der Waals surface area contributed by atoms with Crippen LogP contribution in [0.4, 0.5) is 0 Å². The van der Waals surface area contributed by atoms with Crippen LogP contribution in [0.2, 0.25) is 0 Å². The normalized spacial score (nSPS) is 33.5. The van der Waals surface area contributed by atoms with Crippen molar-refractivity contribution in [1.82, 2.24) is 5.23 Å². The van der Waals surface area contributed by atoms with Crippen LogP contribution < -0.4 is 5.23 Å². The molecular formula is C16H27BNO4. The van der Waals surface area contributed by atoms with Gasteiger partial charge in [-0.2, -0.15) is 0 Å². The molecule has 123 valence electrons. The highest BCUT2D eigenvalue weighted by Crippen LogP contribution is 2.47. The molecule has 1 saturated heterocycles. The van der Waals surface area contributed by atoms with Gasteiger partial charge in [0.1, 0.15) is 6.10 Å². The Labute approximate surface area is 134 Å². The van der Waals surface area contributed by atoms with E-state index in [4.69, 9.17) is 14.1 Å². The fourth-order valence-electron chi connectivity index (χ4n) is 3.71. The molecule has 1 radical (unpaired) electrons. The molecule has 1 aliphatic heterocycles. The quantitative estimate of drug-likeness (QED) is 0.526. The molecule has 0 aromatic rings. The summed E-state index contributed by atoms with van der Waals surface area (Å²) < 4.78 is 17.1. The molecule has 0 aromatic carbocycles. The van der Waals surface area contributed by atoms with Crippen molar-refractivity contribution in [3.63, 3.8) is 0 Å². The lowest BCUT2D eigenvalue weighted by molar-refractivity contribution is -0.170. The predicted octanol–water partition coefficient (Wildman–Crippen LogP) is 1.55. The molecule has 5 nitrogen and oxygen atoms in total. The molecule has 0 aromatic heterocycles. The van der Waals surface area contributed by atoms with Gasteiger partial charge >= 0.3 is 7.62 Å². The van der Waals surface area contributed by atoms with Crippen LogP contribution in [0.5, 0.6) is 0 Å². The van der Waals surface area contributed by atoms with Gasteiger partial charge in [0.25, 0.3) is 0 Å². The zero-order chi connectivity index (χ0) is 16.4. The van der Waals surface area contributed by atoms with Crippen molar-refractivity contribution in [2.24, 2.45) is 5.92 Å². The van der Waals surface area contributed by atoms with Crippen molar-refractivity contribution >= 4 is 7.62 Å². The topological polar surface area (TPSA) is 60.0 Å². The third-order valence-electron chi connectivity index (χ3n) is 4.55. The zero-order valence-corrected chi connectivity index (χ0v) is 13.7. The molecule has 22 heavy (non-hydrogen) atoms. The van der Waals surface area contributed by atoms with Crippen LogP contribution in [0.25, 0.3) is 0 Å². The maximum absolute atomic E-state index is 11.1. The summed E-state index contributed by atoms with van der Waals surface area (Å²) in [6.45, 7) is 11.4. The molecule has 2 aliphatic rings. The fourth-order valence-corrected chi connectivity index (χ4v) is 3.71. The van der Waals surface area contributed by atoms with Crippen LogP contribution in [-0.2, 0) is 14.1 Å². The monoisotopic (exact) mass is 308 g/mol. The first-order valence-electron chi connectivity index (χ1n) is 7.77. The lowest BCUT2D eigenvalue weighted by Crippen LogP contribution is -2.43. The molecule has 6 heteroatoms. The highest BCUT2D eigenvalue weighted by atomic mass is 16.8. The summed E-state index contributed by atoms with van der Waals surface area (Å²) in [6.07, 6.45) is 4.96. The van der Waals surface area contributed by atoms with Crippen LogP contribution in [0.3, 0.4) is 0 Å². The number of aliphatic hydroxyl groups is 1. The third kappa shape index (κ3) is 3.47. The summed E-state index contributed by atoms with van der Waals surface area (Å²) in [7, 11) is 3.15. The van der Waals surface area contributed by atoms with Gasteiger partial charge in [0, 0.05) is 19.1 Å². The smallest absolute Gasteiger partial charge is 0.395 e.